The third-order valence-electron chi connectivity index (χ3n) is 4.70. The smallest absolute Gasteiger partial charge is 0.293 e. The van der Waals surface area contributed by atoms with Crippen molar-refractivity contribution in [1.82, 2.24) is 9.55 Å². The Labute approximate surface area is 177 Å². The second-order valence-electron chi connectivity index (χ2n) is 7.25. The Kier molecular flexibility index (Phi) is 10.1. The summed E-state index contributed by atoms with van der Waals surface area (Å²) in [7, 11) is 3.76. The molecule has 0 atom stereocenters. The van der Waals surface area contributed by atoms with Gasteiger partial charge in [0.2, 0.25) is 0 Å². The number of pyridine rings is 1. The minimum atomic E-state index is 0.884. The predicted octanol–water partition coefficient (Wildman–Crippen LogP) is 6.07. The minimum Gasteiger partial charge on any atom is -0.497 e. The Hall–Kier alpha value is -2.62. The molecule has 2 heterocycles. The van der Waals surface area contributed by atoms with E-state index in [0.29, 0.717) is 0 Å². The number of aromatic nitrogens is 3. The molecule has 158 valence electrons. The highest BCUT2D eigenvalue weighted by Crippen LogP contribution is 2.28. The first-order chi connectivity index (χ1) is 13.9. The molecule has 0 saturated heterocycles. The summed E-state index contributed by atoms with van der Waals surface area (Å²) >= 11 is 0. The molecule has 0 radical (unpaired) electrons. The summed E-state index contributed by atoms with van der Waals surface area (Å²) < 4.78 is 9.71. The molecule has 0 saturated carbocycles. The van der Waals surface area contributed by atoms with E-state index < -0.39 is 0 Å². The van der Waals surface area contributed by atoms with Crippen molar-refractivity contribution in [1.29, 1.82) is 0 Å². The van der Waals surface area contributed by atoms with Crippen molar-refractivity contribution >= 4 is 0 Å². The number of hydrogen-bond acceptors (Lipinski definition) is 2. The minimum absolute atomic E-state index is 0.884. The van der Waals surface area contributed by atoms with Gasteiger partial charge in [-0.25, -0.2) is 4.57 Å². The Morgan fingerprint density at radius 1 is 1.07 bits per heavy atom. The van der Waals surface area contributed by atoms with E-state index in [-0.39, 0.29) is 0 Å². The van der Waals surface area contributed by atoms with Crippen LogP contribution in [0.2, 0.25) is 0 Å². The lowest BCUT2D eigenvalue weighted by Gasteiger charge is -2.11. The highest BCUT2D eigenvalue weighted by atomic mass is 16.5. The number of benzene rings is 1. The molecule has 0 fully saturated rings. The van der Waals surface area contributed by atoms with Gasteiger partial charge < -0.3 is 4.74 Å². The van der Waals surface area contributed by atoms with Crippen molar-refractivity contribution in [2.75, 3.05) is 7.11 Å². The third kappa shape index (κ3) is 6.45. The Balaban J connectivity index is 0.000000527. The molecule has 2 aromatic heterocycles. The average molecular weight is 397 g/mol. The SMILES string of the molecule is CC.CCC(C)C.COc1cc(C)c(-n2cc[n+](C)c2-c2ccncc2)c(C)c1. The number of rotatable bonds is 4. The van der Waals surface area contributed by atoms with Crippen LogP contribution >= 0.6 is 0 Å². The van der Waals surface area contributed by atoms with Gasteiger partial charge in [-0.1, -0.05) is 41.0 Å². The number of imidazole rings is 1. The lowest BCUT2D eigenvalue weighted by molar-refractivity contribution is -0.659. The Morgan fingerprint density at radius 3 is 2.03 bits per heavy atom. The number of ether oxygens (including phenoxy) is 1. The maximum atomic E-state index is 5.36. The third-order valence-corrected chi connectivity index (χ3v) is 4.70. The average Bonchev–Trinajstić information content (AvgIpc) is 3.11. The summed E-state index contributed by atoms with van der Waals surface area (Å²) in [5, 5.41) is 0. The van der Waals surface area contributed by atoms with Crippen LogP contribution in [0.1, 0.15) is 52.2 Å². The molecule has 29 heavy (non-hydrogen) atoms. The number of methoxy groups -OCH3 is 1. The van der Waals surface area contributed by atoms with Gasteiger partial charge in [-0.3, -0.25) is 4.98 Å². The fourth-order valence-corrected chi connectivity index (χ4v) is 2.92. The number of hydrogen-bond donors (Lipinski definition) is 0. The van der Waals surface area contributed by atoms with Gasteiger partial charge in [-0.2, -0.15) is 4.57 Å². The van der Waals surface area contributed by atoms with Crippen molar-refractivity contribution in [3.05, 3.63) is 60.2 Å². The zero-order valence-corrected chi connectivity index (χ0v) is 19.7. The normalized spacial score (nSPS) is 10.0. The summed E-state index contributed by atoms with van der Waals surface area (Å²) in [4.78, 5) is 4.11. The van der Waals surface area contributed by atoms with Crippen LogP contribution in [0.25, 0.3) is 17.1 Å². The fraction of sp³-hybridized carbons (Fsp3) is 0.440. The van der Waals surface area contributed by atoms with Crippen molar-refractivity contribution in [2.45, 2.75) is 54.9 Å². The van der Waals surface area contributed by atoms with Crippen LogP contribution in [0.5, 0.6) is 5.75 Å². The number of nitrogens with zero attached hydrogens (tertiary/aromatic N) is 3. The molecule has 0 spiro atoms. The molecule has 4 nitrogen and oxygen atoms in total. The molecule has 0 aliphatic heterocycles. The molecule has 0 bridgehead atoms. The maximum absolute atomic E-state index is 5.36. The van der Waals surface area contributed by atoms with Crippen LogP contribution < -0.4 is 9.30 Å². The summed E-state index contributed by atoms with van der Waals surface area (Å²) in [6.45, 7) is 14.9. The summed E-state index contributed by atoms with van der Waals surface area (Å²) in [6, 6.07) is 8.19. The van der Waals surface area contributed by atoms with Gasteiger partial charge in [0.1, 0.15) is 23.8 Å². The first-order valence-corrected chi connectivity index (χ1v) is 10.5. The summed E-state index contributed by atoms with van der Waals surface area (Å²) in [5.41, 5.74) is 4.69. The van der Waals surface area contributed by atoms with E-state index in [9.17, 15) is 0 Å². The Morgan fingerprint density at radius 2 is 1.59 bits per heavy atom. The van der Waals surface area contributed by atoms with Crippen LogP contribution in [-0.4, -0.2) is 16.7 Å². The van der Waals surface area contributed by atoms with E-state index in [0.717, 1.165) is 23.1 Å². The molecule has 0 aliphatic carbocycles. The monoisotopic (exact) mass is 396 g/mol. The molecule has 3 aromatic rings. The first kappa shape index (κ1) is 24.4. The molecular formula is C25H38N3O+. The summed E-state index contributed by atoms with van der Waals surface area (Å²) in [5.74, 6) is 2.90. The molecule has 3 rings (SSSR count). The van der Waals surface area contributed by atoms with Crippen molar-refractivity contribution in [2.24, 2.45) is 13.0 Å². The topological polar surface area (TPSA) is 30.9 Å². The largest absolute Gasteiger partial charge is 0.497 e. The zero-order chi connectivity index (χ0) is 22.0. The van der Waals surface area contributed by atoms with Gasteiger partial charge in [0, 0.05) is 23.5 Å². The van der Waals surface area contributed by atoms with Gasteiger partial charge in [0.15, 0.2) is 0 Å². The van der Waals surface area contributed by atoms with Crippen molar-refractivity contribution in [3.63, 3.8) is 0 Å². The highest BCUT2D eigenvalue weighted by molar-refractivity contribution is 5.59. The summed E-state index contributed by atoms with van der Waals surface area (Å²) in [6.07, 6.45) is 9.11. The first-order valence-electron chi connectivity index (χ1n) is 10.5. The fourth-order valence-electron chi connectivity index (χ4n) is 2.92. The van der Waals surface area contributed by atoms with E-state index in [2.05, 4.69) is 80.3 Å². The highest BCUT2D eigenvalue weighted by Gasteiger charge is 2.22. The van der Waals surface area contributed by atoms with E-state index >= 15 is 0 Å². The molecular weight excluding hydrogens is 358 g/mol. The maximum Gasteiger partial charge on any atom is 0.293 e. The quantitative estimate of drug-likeness (QED) is 0.501. The Bertz CT molecular complexity index is 844. The number of aryl methyl sites for hydroxylation is 3. The lowest BCUT2D eigenvalue weighted by Crippen LogP contribution is -2.29. The van der Waals surface area contributed by atoms with Crippen LogP contribution in [0.4, 0.5) is 0 Å². The van der Waals surface area contributed by atoms with Crippen molar-refractivity contribution in [3.8, 4) is 22.8 Å². The van der Waals surface area contributed by atoms with E-state index in [1.807, 2.05) is 38.4 Å². The standard InChI is InChI=1S/C18H20N3O.C5H12.C2H6/c1-13-11-16(22-4)12-14(2)17(13)21-10-9-20(3)18(21)15-5-7-19-8-6-15;1-4-5(2)3;1-2/h5-12H,1-4H3;5H,4H2,1-3H3;1-2H3/q+1;;. The molecule has 0 N–H and O–H groups in total. The van der Waals surface area contributed by atoms with Crippen molar-refractivity contribution < 1.29 is 9.30 Å². The second kappa shape index (κ2) is 12.1. The van der Waals surface area contributed by atoms with Gasteiger partial charge >= 0.3 is 0 Å². The van der Waals surface area contributed by atoms with Gasteiger partial charge in [-0.15, -0.1) is 0 Å². The van der Waals surface area contributed by atoms with Gasteiger partial charge in [-0.05, 0) is 44.0 Å². The van der Waals surface area contributed by atoms with E-state index in [1.165, 1.54) is 23.2 Å². The molecule has 4 heteroatoms. The van der Waals surface area contributed by atoms with E-state index in [4.69, 9.17) is 4.74 Å². The predicted molar refractivity (Wildman–Crippen MR) is 123 cm³/mol. The van der Waals surface area contributed by atoms with Gasteiger partial charge in [0.25, 0.3) is 5.82 Å². The van der Waals surface area contributed by atoms with Crippen LogP contribution in [0.3, 0.4) is 0 Å². The lowest BCUT2D eigenvalue weighted by atomic mass is 10.1. The molecule has 0 aliphatic rings. The van der Waals surface area contributed by atoms with Crippen LogP contribution in [0.15, 0.2) is 49.1 Å². The zero-order valence-electron chi connectivity index (χ0n) is 19.7. The second-order valence-corrected chi connectivity index (χ2v) is 7.25. The van der Waals surface area contributed by atoms with Crippen LogP contribution in [0, 0.1) is 19.8 Å². The van der Waals surface area contributed by atoms with Crippen LogP contribution in [-0.2, 0) is 7.05 Å². The van der Waals surface area contributed by atoms with E-state index in [1.54, 1.807) is 7.11 Å². The van der Waals surface area contributed by atoms with Gasteiger partial charge in [0.05, 0.1) is 19.7 Å². The molecule has 1 aromatic carbocycles. The molecule has 0 unspecified atom stereocenters. The molecule has 0 amide bonds.